The van der Waals surface area contributed by atoms with E-state index in [1.807, 2.05) is 12.1 Å². The van der Waals surface area contributed by atoms with Gasteiger partial charge >= 0.3 is 0 Å². The molecule has 130 valence electrons. The minimum Gasteiger partial charge on any atom is -0.494 e. The molecule has 1 aliphatic heterocycles. The van der Waals surface area contributed by atoms with Crippen LogP contribution in [0.4, 0.5) is 5.69 Å². The fourth-order valence-electron chi connectivity index (χ4n) is 2.45. The monoisotopic (exact) mass is 332 g/mol. The Kier molecular flexibility index (Phi) is 6.81. The maximum Gasteiger partial charge on any atom is 0.277 e. The fraction of sp³-hybridized carbons (Fsp3) is 0.444. The van der Waals surface area contributed by atoms with Crippen molar-refractivity contribution < 1.29 is 19.4 Å². The number of aliphatic hydroxyl groups excluding tert-OH is 1. The van der Waals surface area contributed by atoms with Crippen molar-refractivity contribution in [1.82, 2.24) is 4.90 Å². The van der Waals surface area contributed by atoms with Gasteiger partial charge in [0.2, 0.25) is 0 Å². The van der Waals surface area contributed by atoms with Gasteiger partial charge in [0, 0.05) is 17.8 Å². The van der Waals surface area contributed by atoms with Crippen LogP contribution in [0.1, 0.15) is 32.6 Å². The quantitative estimate of drug-likeness (QED) is 0.508. The number of amides is 2. The van der Waals surface area contributed by atoms with Crippen LogP contribution in [0, 0.1) is 0 Å². The van der Waals surface area contributed by atoms with Crippen LogP contribution < -0.4 is 10.1 Å². The zero-order valence-electron chi connectivity index (χ0n) is 14.0. The van der Waals surface area contributed by atoms with Gasteiger partial charge in [-0.05, 0) is 18.6 Å². The third-order valence-corrected chi connectivity index (χ3v) is 3.71. The Morgan fingerprint density at radius 1 is 1.21 bits per heavy atom. The van der Waals surface area contributed by atoms with Gasteiger partial charge in [-0.1, -0.05) is 32.3 Å². The Morgan fingerprint density at radius 2 is 2.04 bits per heavy atom. The summed E-state index contributed by atoms with van der Waals surface area (Å²) in [6.07, 6.45) is 5.81. The highest BCUT2D eigenvalue weighted by molar-refractivity contribution is 6.17. The Balaban J connectivity index is 1.91. The summed E-state index contributed by atoms with van der Waals surface area (Å²) in [6.45, 7) is 2.58. The van der Waals surface area contributed by atoms with Crippen molar-refractivity contribution in [2.24, 2.45) is 0 Å². The standard InChI is InChI=1S/C18H24N2O4/c1-2-3-4-5-11-24-15-8-6-7-14(12-15)19-16-13-17(22)20(9-10-21)18(16)23/h6-8,12-13,19,21H,2-5,9-11H2,1H3. The number of nitrogens with one attached hydrogen (secondary N) is 1. The highest BCUT2D eigenvalue weighted by atomic mass is 16.5. The molecule has 6 heteroatoms. The van der Waals surface area contributed by atoms with Gasteiger partial charge in [-0.2, -0.15) is 0 Å². The Labute approximate surface area is 142 Å². The predicted molar refractivity (Wildman–Crippen MR) is 91.6 cm³/mol. The largest absolute Gasteiger partial charge is 0.494 e. The maximum absolute atomic E-state index is 12.1. The van der Waals surface area contributed by atoms with Crippen molar-refractivity contribution in [2.75, 3.05) is 25.1 Å². The Bertz CT molecular complexity index is 613. The average molecular weight is 332 g/mol. The SMILES string of the molecule is CCCCCCOc1cccc(NC2=CC(=O)N(CCO)C2=O)c1. The molecule has 0 aliphatic carbocycles. The van der Waals surface area contributed by atoms with Crippen molar-refractivity contribution in [3.63, 3.8) is 0 Å². The second kappa shape index (κ2) is 9.08. The average Bonchev–Trinajstić information content (AvgIpc) is 2.83. The molecule has 2 rings (SSSR count). The molecule has 1 aromatic rings. The second-order valence-electron chi connectivity index (χ2n) is 5.64. The van der Waals surface area contributed by atoms with Crippen LogP contribution >= 0.6 is 0 Å². The minimum absolute atomic E-state index is 0.000255. The number of unbranched alkanes of at least 4 members (excludes halogenated alkanes) is 3. The number of benzene rings is 1. The van der Waals surface area contributed by atoms with Gasteiger partial charge in [0.05, 0.1) is 19.8 Å². The van der Waals surface area contributed by atoms with Gasteiger partial charge in [0.15, 0.2) is 0 Å². The number of nitrogens with zero attached hydrogens (tertiary/aromatic N) is 1. The van der Waals surface area contributed by atoms with E-state index in [0.29, 0.717) is 12.3 Å². The number of imide groups is 1. The number of β-amino-alcohol motifs (C(OH)–C–C–N with tert-alkyl or cyclic N) is 1. The maximum atomic E-state index is 12.1. The lowest BCUT2D eigenvalue weighted by molar-refractivity contribution is -0.137. The Morgan fingerprint density at radius 3 is 2.79 bits per heavy atom. The van der Waals surface area contributed by atoms with E-state index < -0.39 is 11.8 Å². The van der Waals surface area contributed by atoms with E-state index in [0.717, 1.165) is 23.5 Å². The lowest BCUT2D eigenvalue weighted by Gasteiger charge is -2.14. The van der Waals surface area contributed by atoms with E-state index in [9.17, 15) is 9.59 Å². The highest BCUT2D eigenvalue weighted by Gasteiger charge is 2.30. The molecule has 0 radical (unpaired) electrons. The van der Waals surface area contributed by atoms with Crippen LogP contribution in [-0.4, -0.2) is 41.6 Å². The third-order valence-electron chi connectivity index (χ3n) is 3.71. The molecule has 0 unspecified atom stereocenters. The van der Waals surface area contributed by atoms with Crippen molar-refractivity contribution in [3.05, 3.63) is 36.0 Å². The summed E-state index contributed by atoms with van der Waals surface area (Å²) >= 11 is 0. The molecule has 1 aromatic carbocycles. The van der Waals surface area contributed by atoms with Crippen LogP contribution in [-0.2, 0) is 9.59 Å². The first-order chi connectivity index (χ1) is 11.7. The molecule has 6 nitrogen and oxygen atoms in total. The number of carbonyl (C=O) groups excluding carboxylic acids is 2. The number of hydrogen-bond donors (Lipinski definition) is 2. The molecule has 1 aliphatic rings. The van der Waals surface area contributed by atoms with Gasteiger partial charge in [-0.25, -0.2) is 0 Å². The lowest BCUT2D eigenvalue weighted by atomic mass is 10.2. The molecule has 0 saturated heterocycles. The number of rotatable bonds is 10. The third kappa shape index (κ3) is 4.83. The molecule has 0 atom stereocenters. The number of ether oxygens (including phenoxy) is 1. The normalized spacial score (nSPS) is 14.1. The van der Waals surface area contributed by atoms with E-state index in [1.165, 1.54) is 18.9 Å². The number of carbonyl (C=O) groups is 2. The summed E-state index contributed by atoms with van der Waals surface area (Å²) in [5.41, 5.74) is 0.882. The summed E-state index contributed by atoms with van der Waals surface area (Å²) in [5.74, 6) is -0.124. The van der Waals surface area contributed by atoms with Crippen molar-refractivity contribution >= 4 is 17.5 Å². The van der Waals surface area contributed by atoms with Crippen LogP contribution in [0.2, 0.25) is 0 Å². The highest BCUT2D eigenvalue weighted by Crippen LogP contribution is 2.21. The zero-order valence-corrected chi connectivity index (χ0v) is 14.0. The summed E-state index contributed by atoms with van der Waals surface area (Å²) in [5, 5.41) is 11.9. The summed E-state index contributed by atoms with van der Waals surface area (Å²) < 4.78 is 5.71. The first kappa shape index (κ1) is 18.0. The van der Waals surface area contributed by atoms with Crippen LogP contribution in [0.3, 0.4) is 0 Å². The molecule has 1 heterocycles. The lowest BCUT2D eigenvalue weighted by Crippen LogP contribution is -2.34. The topological polar surface area (TPSA) is 78.9 Å². The van der Waals surface area contributed by atoms with Gasteiger partial charge in [-0.3, -0.25) is 14.5 Å². The second-order valence-corrected chi connectivity index (χ2v) is 5.64. The molecule has 0 spiro atoms. The molecule has 0 aromatic heterocycles. The van der Waals surface area contributed by atoms with E-state index in [-0.39, 0.29) is 18.8 Å². The molecule has 2 amide bonds. The minimum atomic E-state index is -0.431. The fourth-order valence-corrected chi connectivity index (χ4v) is 2.45. The van der Waals surface area contributed by atoms with Gasteiger partial charge in [0.25, 0.3) is 11.8 Å². The molecule has 0 fully saturated rings. The smallest absolute Gasteiger partial charge is 0.277 e. The first-order valence-electron chi connectivity index (χ1n) is 8.34. The number of aliphatic hydroxyl groups is 1. The van der Waals surface area contributed by atoms with Crippen LogP contribution in [0.15, 0.2) is 36.0 Å². The molecule has 0 saturated carbocycles. The van der Waals surface area contributed by atoms with E-state index >= 15 is 0 Å². The van der Waals surface area contributed by atoms with Gasteiger partial charge < -0.3 is 15.2 Å². The summed E-state index contributed by atoms with van der Waals surface area (Å²) in [6, 6.07) is 7.29. The van der Waals surface area contributed by atoms with E-state index in [2.05, 4.69) is 12.2 Å². The van der Waals surface area contributed by atoms with Crippen LogP contribution in [0.5, 0.6) is 5.75 Å². The van der Waals surface area contributed by atoms with Gasteiger partial charge in [-0.15, -0.1) is 0 Å². The first-order valence-corrected chi connectivity index (χ1v) is 8.34. The molecule has 24 heavy (non-hydrogen) atoms. The molecule has 0 bridgehead atoms. The molecular weight excluding hydrogens is 308 g/mol. The van der Waals surface area contributed by atoms with Crippen molar-refractivity contribution in [1.29, 1.82) is 0 Å². The van der Waals surface area contributed by atoms with Gasteiger partial charge in [0.1, 0.15) is 11.4 Å². The molecular formula is C18H24N2O4. The molecule has 2 N–H and O–H groups in total. The summed E-state index contributed by atoms with van der Waals surface area (Å²) in [4.78, 5) is 24.8. The van der Waals surface area contributed by atoms with E-state index in [1.54, 1.807) is 12.1 Å². The Hall–Kier alpha value is -2.34. The van der Waals surface area contributed by atoms with Crippen molar-refractivity contribution in [3.8, 4) is 5.75 Å². The zero-order chi connectivity index (χ0) is 17.4. The summed E-state index contributed by atoms with van der Waals surface area (Å²) in [7, 11) is 0. The van der Waals surface area contributed by atoms with Crippen molar-refractivity contribution in [2.45, 2.75) is 32.6 Å². The number of hydrogen-bond acceptors (Lipinski definition) is 5. The van der Waals surface area contributed by atoms with E-state index in [4.69, 9.17) is 9.84 Å². The number of anilines is 1. The predicted octanol–water partition coefficient (Wildman–Crippen LogP) is 2.30. The van der Waals surface area contributed by atoms with Crippen LogP contribution in [0.25, 0.3) is 0 Å².